The number of nitrogens with zero attached hydrogens (tertiary/aromatic N) is 4. The zero-order valence-electron chi connectivity index (χ0n) is 11.1. The van der Waals surface area contributed by atoms with Crippen LogP contribution in [-0.4, -0.2) is 37.8 Å². The van der Waals surface area contributed by atoms with Crippen molar-refractivity contribution in [1.82, 2.24) is 19.5 Å². The maximum absolute atomic E-state index is 8.90. The molecular formula is C12H18ClN5O. The zero-order chi connectivity index (χ0) is 13.8. The van der Waals surface area contributed by atoms with Crippen molar-refractivity contribution in [2.45, 2.75) is 26.8 Å². The van der Waals surface area contributed by atoms with Crippen LogP contribution >= 0.6 is 11.6 Å². The van der Waals surface area contributed by atoms with Crippen molar-refractivity contribution in [2.24, 2.45) is 5.92 Å². The van der Waals surface area contributed by atoms with Gasteiger partial charge in [0.15, 0.2) is 11.5 Å². The monoisotopic (exact) mass is 283 g/mol. The van der Waals surface area contributed by atoms with Gasteiger partial charge in [-0.05, 0) is 23.9 Å². The molecule has 2 N–H and O–H groups in total. The van der Waals surface area contributed by atoms with Crippen LogP contribution in [0.1, 0.15) is 20.3 Å². The summed E-state index contributed by atoms with van der Waals surface area (Å²) in [5.74, 6) is 1.23. The molecule has 2 rings (SSSR count). The molecule has 2 heterocycles. The van der Waals surface area contributed by atoms with Crippen LogP contribution in [0.15, 0.2) is 6.33 Å². The second-order valence-corrected chi connectivity index (χ2v) is 5.12. The van der Waals surface area contributed by atoms with Gasteiger partial charge in [0.25, 0.3) is 0 Å². The summed E-state index contributed by atoms with van der Waals surface area (Å²) >= 11 is 5.87. The van der Waals surface area contributed by atoms with Gasteiger partial charge in [0, 0.05) is 13.1 Å². The van der Waals surface area contributed by atoms with Crippen molar-refractivity contribution in [3.05, 3.63) is 11.6 Å². The Morgan fingerprint density at radius 1 is 1.42 bits per heavy atom. The molecule has 0 atom stereocenters. The number of aromatic nitrogens is 4. The third kappa shape index (κ3) is 3.33. The molecule has 0 aromatic carbocycles. The molecular weight excluding hydrogens is 266 g/mol. The van der Waals surface area contributed by atoms with Gasteiger partial charge in [-0.15, -0.1) is 0 Å². The molecule has 0 aliphatic heterocycles. The van der Waals surface area contributed by atoms with E-state index in [0.717, 1.165) is 18.5 Å². The van der Waals surface area contributed by atoms with E-state index in [9.17, 15) is 0 Å². The minimum absolute atomic E-state index is 0.0310. The summed E-state index contributed by atoms with van der Waals surface area (Å²) in [5, 5.41) is 12.1. The Kier molecular flexibility index (Phi) is 4.55. The fourth-order valence-corrected chi connectivity index (χ4v) is 1.98. The van der Waals surface area contributed by atoms with Crippen LogP contribution in [0.5, 0.6) is 0 Å². The van der Waals surface area contributed by atoms with Gasteiger partial charge >= 0.3 is 0 Å². The van der Waals surface area contributed by atoms with E-state index in [1.165, 1.54) is 0 Å². The van der Waals surface area contributed by atoms with Gasteiger partial charge in [-0.1, -0.05) is 13.8 Å². The molecule has 0 fully saturated rings. The lowest BCUT2D eigenvalue weighted by atomic mass is 10.1. The number of halogens is 1. The predicted octanol–water partition coefficient (Wildman–Crippen LogP) is 1.93. The molecule has 0 amide bonds. The number of imidazole rings is 1. The molecule has 2 aromatic heterocycles. The molecule has 0 aliphatic rings. The lowest BCUT2D eigenvalue weighted by molar-refractivity contribution is 0.311. The first kappa shape index (κ1) is 14.0. The molecule has 104 valence electrons. The smallest absolute Gasteiger partial charge is 0.226 e. The van der Waals surface area contributed by atoms with E-state index in [1.54, 1.807) is 6.33 Å². The number of nitrogens with one attached hydrogen (secondary N) is 1. The lowest BCUT2D eigenvalue weighted by Crippen LogP contribution is -2.10. The summed E-state index contributed by atoms with van der Waals surface area (Å²) in [5.41, 5.74) is 1.41. The normalized spacial score (nSPS) is 11.4. The van der Waals surface area contributed by atoms with E-state index in [2.05, 4.69) is 34.1 Å². The average molecular weight is 284 g/mol. The predicted molar refractivity (Wildman–Crippen MR) is 75.4 cm³/mol. The SMILES string of the molecule is CC(C)CCn1cnc2nc(Cl)nc(NCCO)c21. The van der Waals surface area contributed by atoms with Crippen LogP contribution in [0.2, 0.25) is 5.28 Å². The maximum Gasteiger partial charge on any atom is 0.226 e. The first-order chi connectivity index (χ1) is 9.11. The molecule has 0 bridgehead atoms. The molecule has 0 saturated carbocycles. The van der Waals surface area contributed by atoms with Crippen molar-refractivity contribution in [2.75, 3.05) is 18.5 Å². The number of fused-ring (bicyclic) bond motifs is 1. The Morgan fingerprint density at radius 2 is 2.21 bits per heavy atom. The molecule has 0 saturated heterocycles. The molecule has 19 heavy (non-hydrogen) atoms. The Hall–Kier alpha value is -1.40. The minimum Gasteiger partial charge on any atom is -0.395 e. The number of anilines is 1. The first-order valence-electron chi connectivity index (χ1n) is 6.35. The lowest BCUT2D eigenvalue weighted by Gasteiger charge is -2.10. The highest BCUT2D eigenvalue weighted by atomic mass is 35.5. The summed E-state index contributed by atoms with van der Waals surface area (Å²) < 4.78 is 2.02. The van der Waals surface area contributed by atoms with Crippen LogP contribution < -0.4 is 5.32 Å². The molecule has 0 aliphatic carbocycles. The molecule has 0 unspecified atom stereocenters. The van der Waals surface area contributed by atoms with Crippen LogP contribution in [0.25, 0.3) is 11.2 Å². The quantitative estimate of drug-likeness (QED) is 0.792. The van der Waals surface area contributed by atoms with Gasteiger partial charge in [0.1, 0.15) is 5.52 Å². The standard InChI is InChI=1S/C12H18ClN5O/c1-8(2)3-5-18-7-15-11-9(18)10(14-4-6-19)16-12(13)17-11/h7-8,19H,3-6H2,1-2H3,(H,14,16,17). The topological polar surface area (TPSA) is 75.9 Å². The highest BCUT2D eigenvalue weighted by molar-refractivity contribution is 6.28. The van der Waals surface area contributed by atoms with Gasteiger partial charge < -0.3 is 15.0 Å². The van der Waals surface area contributed by atoms with Gasteiger partial charge in [-0.25, -0.2) is 4.98 Å². The Morgan fingerprint density at radius 3 is 2.89 bits per heavy atom. The second-order valence-electron chi connectivity index (χ2n) is 4.78. The summed E-state index contributed by atoms with van der Waals surface area (Å²) in [6, 6.07) is 0. The second kappa shape index (κ2) is 6.16. The number of hydrogen-bond donors (Lipinski definition) is 2. The fourth-order valence-electron chi connectivity index (χ4n) is 1.82. The third-order valence-corrected chi connectivity index (χ3v) is 2.97. The first-order valence-corrected chi connectivity index (χ1v) is 6.72. The summed E-state index contributed by atoms with van der Waals surface area (Å²) in [6.07, 6.45) is 2.80. The zero-order valence-corrected chi connectivity index (χ0v) is 11.9. The highest BCUT2D eigenvalue weighted by Crippen LogP contribution is 2.22. The van der Waals surface area contributed by atoms with Crippen molar-refractivity contribution in [1.29, 1.82) is 0 Å². The van der Waals surface area contributed by atoms with Crippen LogP contribution in [0, 0.1) is 5.92 Å². The Bertz CT molecular complexity index is 554. The van der Waals surface area contributed by atoms with Gasteiger partial charge in [0.2, 0.25) is 5.28 Å². The van der Waals surface area contributed by atoms with E-state index in [1.807, 2.05) is 4.57 Å². The van der Waals surface area contributed by atoms with E-state index >= 15 is 0 Å². The highest BCUT2D eigenvalue weighted by Gasteiger charge is 2.12. The number of aliphatic hydroxyl groups is 1. The van der Waals surface area contributed by atoms with Crippen LogP contribution in [0.4, 0.5) is 5.82 Å². The van der Waals surface area contributed by atoms with Crippen molar-refractivity contribution >= 4 is 28.6 Å². The van der Waals surface area contributed by atoms with Gasteiger partial charge in [0.05, 0.1) is 12.9 Å². The van der Waals surface area contributed by atoms with E-state index in [-0.39, 0.29) is 11.9 Å². The minimum atomic E-state index is 0.0310. The molecule has 6 nitrogen and oxygen atoms in total. The van der Waals surface area contributed by atoms with Crippen LogP contribution in [0.3, 0.4) is 0 Å². The Balaban J connectivity index is 2.36. The largest absolute Gasteiger partial charge is 0.395 e. The average Bonchev–Trinajstić information content (AvgIpc) is 2.76. The number of aryl methyl sites for hydroxylation is 1. The number of aliphatic hydroxyl groups excluding tert-OH is 1. The van der Waals surface area contributed by atoms with Gasteiger partial charge in [-0.3, -0.25) is 0 Å². The molecule has 2 aromatic rings. The maximum atomic E-state index is 8.90. The van der Waals surface area contributed by atoms with E-state index < -0.39 is 0 Å². The van der Waals surface area contributed by atoms with Gasteiger partial charge in [-0.2, -0.15) is 9.97 Å². The molecule has 7 heteroatoms. The third-order valence-electron chi connectivity index (χ3n) is 2.80. The van der Waals surface area contributed by atoms with E-state index in [0.29, 0.717) is 23.9 Å². The van der Waals surface area contributed by atoms with Crippen molar-refractivity contribution in [3.63, 3.8) is 0 Å². The Labute approximate surface area is 116 Å². The van der Waals surface area contributed by atoms with Crippen molar-refractivity contribution in [3.8, 4) is 0 Å². The van der Waals surface area contributed by atoms with E-state index in [4.69, 9.17) is 16.7 Å². The molecule has 0 spiro atoms. The number of hydrogen-bond acceptors (Lipinski definition) is 5. The van der Waals surface area contributed by atoms with Crippen LogP contribution in [-0.2, 0) is 6.54 Å². The summed E-state index contributed by atoms with van der Waals surface area (Å²) in [6.45, 7) is 5.66. The summed E-state index contributed by atoms with van der Waals surface area (Å²) in [4.78, 5) is 12.5. The fraction of sp³-hybridized carbons (Fsp3) is 0.583. The summed E-state index contributed by atoms with van der Waals surface area (Å²) in [7, 11) is 0. The number of rotatable bonds is 6. The van der Waals surface area contributed by atoms with Crippen molar-refractivity contribution < 1.29 is 5.11 Å². The molecule has 0 radical (unpaired) electrons.